The van der Waals surface area contributed by atoms with E-state index < -0.39 is 16.1 Å². The monoisotopic (exact) mass is 469 g/mol. The predicted octanol–water partition coefficient (Wildman–Crippen LogP) is 6.82. The minimum atomic E-state index is -0.742. The second kappa shape index (κ2) is 10.8. The third kappa shape index (κ3) is 5.62. The lowest BCUT2D eigenvalue weighted by Crippen LogP contribution is -2.43. The Morgan fingerprint density at radius 1 is 0.485 bits per heavy atom. The average molecular weight is 470 g/mol. The Hall–Kier alpha value is -2.30. The van der Waals surface area contributed by atoms with Crippen molar-refractivity contribution in [2.45, 2.75) is 33.7 Å². The van der Waals surface area contributed by atoms with Crippen LogP contribution >= 0.6 is 16.1 Å². The van der Waals surface area contributed by atoms with Gasteiger partial charge in [-0.05, 0) is 33.6 Å². The van der Waals surface area contributed by atoms with Crippen LogP contribution in [0.1, 0.15) is 27.7 Å². The second-order valence-electron chi connectivity index (χ2n) is 9.33. The van der Waals surface area contributed by atoms with Gasteiger partial charge in [0.1, 0.15) is 0 Å². The second-order valence-corrected chi connectivity index (χ2v) is 13.8. The van der Waals surface area contributed by atoms with E-state index in [-0.39, 0.29) is 5.41 Å². The quantitative estimate of drug-likeness (QED) is 0.269. The van der Waals surface area contributed by atoms with Crippen molar-refractivity contribution in [1.29, 1.82) is 0 Å². The van der Waals surface area contributed by atoms with Gasteiger partial charge in [0, 0.05) is 22.2 Å². The predicted molar refractivity (Wildman–Crippen MR) is 149 cm³/mol. The van der Waals surface area contributed by atoms with Crippen molar-refractivity contribution in [2.24, 2.45) is 5.41 Å². The number of hydrogen-bond donors (Lipinski definition) is 0. The fourth-order valence-corrected chi connectivity index (χ4v) is 10.5. The molecule has 0 spiro atoms. The van der Waals surface area contributed by atoms with Gasteiger partial charge in [-0.25, -0.2) is 4.44 Å². The standard InChI is InChI=1S/C30H33NP2/c1-25(30(2,3)4)31(32(26-17-9-5-10-18-26)27-19-11-6-12-20-27)33(28-21-13-7-14-22-28)29-23-15-8-16-24-29/h5-25H,1-4H3/t25-/m1/s1. The first-order chi connectivity index (χ1) is 16.0. The van der Waals surface area contributed by atoms with Gasteiger partial charge in [0.05, 0.1) is 0 Å². The van der Waals surface area contributed by atoms with Gasteiger partial charge in [0.15, 0.2) is 0 Å². The first-order valence-corrected chi connectivity index (χ1v) is 14.2. The third-order valence-electron chi connectivity index (χ3n) is 6.01. The molecule has 0 unspecified atom stereocenters. The molecular weight excluding hydrogens is 436 g/mol. The van der Waals surface area contributed by atoms with Crippen LogP contribution in [-0.4, -0.2) is 10.5 Å². The molecule has 0 aliphatic rings. The van der Waals surface area contributed by atoms with Gasteiger partial charge in [-0.15, -0.1) is 0 Å². The molecule has 0 bridgehead atoms. The molecule has 0 saturated heterocycles. The molecule has 4 aromatic carbocycles. The summed E-state index contributed by atoms with van der Waals surface area (Å²) in [5, 5.41) is 5.59. The lowest BCUT2D eigenvalue weighted by atomic mass is 9.89. The molecule has 4 aromatic rings. The first-order valence-electron chi connectivity index (χ1n) is 11.6. The molecule has 1 nitrogen and oxygen atoms in total. The molecule has 0 aliphatic heterocycles. The molecule has 0 aliphatic carbocycles. The Morgan fingerprint density at radius 2 is 0.727 bits per heavy atom. The van der Waals surface area contributed by atoms with Crippen molar-refractivity contribution >= 4 is 37.4 Å². The van der Waals surface area contributed by atoms with E-state index in [9.17, 15) is 0 Å². The highest BCUT2D eigenvalue weighted by molar-refractivity contribution is 7.84. The molecule has 33 heavy (non-hydrogen) atoms. The molecule has 0 saturated carbocycles. The van der Waals surface area contributed by atoms with Crippen molar-refractivity contribution in [1.82, 2.24) is 4.44 Å². The van der Waals surface area contributed by atoms with Gasteiger partial charge in [-0.3, -0.25) is 0 Å². The molecule has 4 rings (SSSR count). The summed E-state index contributed by atoms with van der Waals surface area (Å²) < 4.78 is 2.86. The lowest BCUT2D eigenvalue weighted by Gasteiger charge is -2.47. The number of rotatable bonds is 7. The van der Waals surface area contributed by atoms with Gasteiger partial charge in [0.25, 0.3) is 0 Å². The molecule has 0 aromatic heterocycles. The maximum Gasteiger partial charge on any atom is 0.0325 e. The average Bonchev–Trinajstić information content (AvgIpc) is 2.85. The van der Waals surface area contributed by atoms with E-state index in [2.05, 4.69) is 153 Å². The summed E-state index contributed by atoms with van der Waals surface area (Å²) >= 11 is 0. The third-order valence-corrected chi connectivity index (χ3v) is 11.7. The highest BCUT2D eigenvalue weighted by atomic mass is 31.2. The van der Waals surface area contributed by atoms with Crippen molar-refractivity contribution in [3.8, 4) is 0 Å². The van der Waals surface area contributed by atoms with E-state index in [1.165, 1.54) is 21.2 Å². The molecule has 0 N–H and O–H groups in total. The molecule has 0 radical (unpaired) electrons. The van der Waals surface area contributed by atoms with Crippen molar-refractivity contribution in [3.63, 3.8) is 0 Å². The van der Waals surface area contributed by atoms with Crippen molar-refractivity contribution in [3.05, 3.63) is 121 Å². The molecule has 0 heterocycles. The molecule has 3 heteroatoms. The summed E-state index contributed by atoms with van der Waals surface area (Å²) in [6.45, 7) is 9.54. The highest BCUT2D eigenvalue weighted by Gasteiger charge is 2.39. The van der Waals surface area contributed by atoms with Crippen molar-refractivity contribution < 1.29 is 0 Å². The molecule has 0 fully saturated rings. The zero-order chi connectivity index (χ0) is 23.3. The largest absolute Gasteiger partial charge is 0.241 e. The van der Waals surface area contributed by atoms with Gasteiger partial charge < -0.3 is 0 Å². The number of nitrogens with zero attached hydrogens (tertiary/aromatic N) is 1. The smallest absolute Gasteiger partial charge is 0.0325 e. The SMILES string of the molecule is C[C@@H](N(P(c1ccccc1)c1ccccc1)P(c1ccccc1)c1ccccc1)C(C)(C)C. The van der Waals surface area contributed by atoms with E-state index in [1.807, 2.05) is 0 Å². The highest BCUT2D eigenvalue weighted by Crippen LogP contribution is 2.58. The minimum absolute atomic E-state index is 0.119. The fourth-order valence-electron chi connectivity index (χ4n) is 3.83. The normalized spacial score (nSPS) is 12.9. The van der Waals surface area contributed by atoms with Crippen LogP contribution in [-0.2, 0) is 0 Å². The first kappa shape index (κ1) is 23.8. The van der Waals surface area contributed by atoms with Gasteiger partial charge in [-0.1, -0.05) is 142 Å². The van der Waals surface area contributed by atoms with Crippen LogP contribution in [0.5, 0.6) is 0 Å². The summed E-state index contributed by atoms with van der Waals surface area (Å²) in [4.78, 5) is 0. The summed E-state index contributed by atoms with van der Waals surface area (Å²) in [5.74, 6) is 0. The van der Waals surface area contributed by atoms with Crippen molar-refractivity contribution in [2.75, 3.05) is 0 Å². The van der Waals surface area contributed by atoms with Crippen LogP contribution in [0.25, 0.3) is 0 Å². The van der Waals surface area contributed by atoms with Crippen LogP contribution in [0.3, 0.4) is 0 Å². The summed E-state index contributed by atoms with van der Waals surface area (Å²) in [7, 11) is -1.48. The van der Waals surface area contributed by atoms with Crippen LogP contribution in [0.2, 0.25) is 0 Å². The van der Waals surface area contributed by atoms with Crippen LogP contribution in [0.4, 0.5) is 0 Å². The van der Waals surface area contributed by atoms with Gasteiger partial charge in [-0.2, -0.15) is 0 Å². The zero-order valence-corrected chi connectivity index (χ0v) is 21.8. The zero-order valence-electron chi connectivity index (χ0n) is 20.0. The number of benzene rings is 4. The summed E-state index contributed by atoms with van der Waals surface area (Å²) in [5.41, 5.74) is 0.119. The molecule has 1 atom stereocenters. The maximum absolute atomic E-state index is 2.86. The Labute approximate surface area is 202 Å². The van der Waals surface area contributed by atoms with E-state index >= 15 is 0 Å². The minimum Gasteiger partial charge on any atom is -0.241 e. The maximum atomic E-state index is 2.86. The number of hydrogen-bond acceptors (Lipinski definition) is 1. The fraction of sp³-hybridized carbons (Fsp3) is 0.200. The Morgan fingerprint density at radius 3 is 0.939 bits per heavy atom. The Kier molecular flexibility index (Phi) is 7.77. The summed E-state index contributed by atoms with van der Waals surface area (Å²) in [6.07, 6.45) is 0. The van der Waals surface area contributed by atoms with Gasteiger partial charge in [0.2, 0.25) is 0 Å². The van der Waals surface area contributed by atoms with Crippen LogP contribution in [0.15, 0.2) is 121 Å². The summed E-state index contributed by atoms with van der Waals surface area (Å²) in [6, 6.07) is 44.8. The Bertz CT molecular complexity index is 948. The van der Waals surface area contributed by atoms with Crippen LogP contribution in [0, 0.1) is 5.41 Å². The van der Waals surface area contributed by atoms with E-state index in [1.54, 1.807) is 0 Å². The molecular formula is C30H33NP2. The van der Waals surface area contributed by atoms with Crippen LogP contribution < -0.4 is 21.2 Å². The Balaban J connectivity index is 1.99. The lowest BCUT2D eigenvalue weighted by molar-refractivity contribution is 0.268. The van der Waals surface area contributed by atoms with E-state index in [4.69, 9.17) is 0 Å². The molecule has 0 amide bonds. The van der Waals surface area contributed by atoms with E-state index in [0.29, 0.717) is 6.04 Å². The molecule has 168 valence electrons. The van der Waals surface area contributed by atoms with Gasteiger partial charge >= 0.3 is 0 Å². The topological polar surface area (TPSA) is 3.24 Å². The van der Waals surface area contributed by atoms with E-state index in [0.717, 1.165) is 0 Å².